The first-order valence-corrected chi connectivity index (χ1v) is 7.75. The van der Waals surface area contributed by atoms with Crippen molar-refractivity contribution in [2.45, 2.75) is 31.3 Å². The molecule has 6 heteroatoms. The van der Waals surface area contributed by atoms with E-state index in [9.17, 15) is 9.59 Å². The Bertz CT molecular complexity index is 367. The number of hydrogen-bond acceptors (Lipinski definition) is 3. The van der Waals surface area contributed by atoms with Gasteiger partial charge in [0.1, 0.15) is 0 Å². The van der Waals surface area contributed by atoms with Gasteiger partial charge in [-0.2, -0.15) is 11.8 Å². The number of hydrogen-bond donors (Lipinski definition) is 1. The second kappa shape index (κ2) is 5.61. The van der Waals surface area contributed by atoms with Crippen LogP contribution in [0.3, 0.4) is 0 Å². The summed E-state index contributed by atoms with van der Waals surface area (Å²) < 4.78 is 0. The topological polar surface area (TPSA) is 60.9 Å². The van der Waals surface area contributed by atoms with Crippen molar-refractivity contribution in [3.63, 3.8) is 0 Å². The molecule has 5 nitrogen and oxygen atoms in total. The Morgan fingerprint density at radius 2 is 1.53 bits per heavy atom. The molecule has 0 radical (unpaired) electrons. The van der Waals surface area contributed by atoms with Gasteiger partial charge in [0, 0.05) is 36.7 Å². The Hall–Kier alpha value is -0.910. The summed E-state index contributed by atoms with van der Waals surface area (Å²) in [7, 11) is 0. The van der Waals surface area contributed by atoms with E-state index in [2.05, 4.69) is 13.8 Å². The van der Waals surface area contributed by atoms with Crippen molar-refractivity contribution in [2.75, 3.05) is 26.2 Å². The summed E-state index contributed by atoms with van der Waals surface area (Å²) in [6.45, 7) is 8.60. The van der Waals surface area contributed by atoms with E-state index in [1.165, 1.54) is 0 Å². The third kappa shape index (κ3) is 3.16. The fourth-order valence-corrected chi connectivity index (χ4v) is 4.30. The highest BCUT2D eigenvalue weighted by Crippen LogP contribution is 2.28. The van der Waals surface area contributed by atoms with Crippen molar-refractivity contribution < 1.29 is 14.7 Å². The van der Waals surface area contributed by atoms with Crippen molar-refractivity contribution in [3.8, 4) is 0 Å². The fourth-order valence-electron chi connectivity index (χ4n) is 2.98. The van der Waals surface area contributed by atoms with E-state index < -0.39 is 11.9 Å². The van der Waals surface area contributed by atoms with Gasteiger partial charge in [0.05, 0.1) is 5.92 Å². The number of thioether (sulfide) groups is 1. The molecule has 2 aliphatic rings. The van der Waals surface area contributed by atoms with Crippen LogP contribution >= 0.6 is 11.8 Å². The smallest absolute Gasteiger partial charge is 0.320 e. The molecule has 2 rings (SSSR count). The third-order valence-electron chi connectivity index (χ3n) is 3.89. The molecule has 4 atom stereocenters. The van der Waals surface area contributed by atoms with Crippen LogP contribution in [0, 0.1) is 11.8 Å². The molecule has 2 unspecified atom stereocenters. The molecule has 2 fully saturated rings. The van der Waals surface area contributed by atoms with Crippen LogP contribution in [-0.2, 0) is 4.79 Å². The van der Waals surface area contributed by atoms with Crippen molar-refractivity contribution in [1.29, 1.82) is 0 Å². The molecule has 2 amide bonds. The van der Waals surface area contributed by atoms with Gasteiger partial charge in [-0.25, -0.2) is 4.79 Å². The number of urea groups is 1. The Morgan fingerprint density at radius 1 is 1.00 bits per heavy atom. The number of carboxylic acids is 1. The minimum Gasteiger partial charge on any atom is -0.481 e. The standard InChI is InChI=1S/C13H22N2O3S/c1-8-4-14(7-11(8)12(16)17)13(18)15-5-9(2)19-10(3)6-15/h8-11H,4-7H2,1-3H3,(H,16,17)/t8-,9?,10?,11-/m1/s1. The van der Waals surface area contributed by atoms with Gasteiger partial charge in [-0.1, -0.05) is 20.8 Å². The highest BCUT2D eigenvalue weighted by Gasteiger charge is 2.39. The van der Waals surface area contributed by atoms with Crippen molar-refractivity contribution in [2.24, 2.45) is 11.8 Å². The zero-order valence-electron chi connectivity index (χ0n) is 11.7. The lowest BCUT2D eigenvalue weighted by molar-refractivity contribution is -0.142. The number of carboxylic acid groups (broad SMARTS) is 1. The molecule has 0 aromatic heterocycles. The summed E-state index contributed by atoms with van der Waals surface area (Å²) in [5, 5.41) is 10.0. The third-order valence-corrected chi connectivity index (χ3v) is 5.12. The van der Waals surface area contributed by atoms with E-state index in [1.54, 1.807) is 4.90 Å². The normalized spacial score (nSPS) is 35.5. The van der Waals surface area contributed by atoms with Crippen LogP contribution in [0.4, 0.5) is 4.79 Å². The summed E-state index contributed by atoms with van der Waals surface area (Å²) in [4.78, 5) is 27.1. The van der Waals surface area contributed by atoms with Gasteiger partial charge in [-0.15, -0.1) is 0 Å². The molecule has 0 aromatic rings. The van der Waals surface area contributed by atoms with Crippen molar-refractivity contribution in [3.05, 3.63) is 0 Å². The molecule has 108 valence electrons. The summed E-state index contributed by atoms with van der Waals surface area (Å²) in [6.07, 6.45) is 0. The SMILES string of the molecule is CC1CN(C(=O)N2C[C@@H](C)[C@H](C(=O)O)C2)CC(C)S1. The van der Waals surface area contributed by atoms with E-state index in [4.69, 9.17) is 5.11 Å². The van der Waals surface area contributed by atoms with Gasteiger partial charge in [0.2, 0.25) is 0 Å². The molecule has 1 N–H and O–H groups in total. The van der Waals surface area contributed by atoms with Gasteiger partial charge in [0.25, 0.3) is 0 Å². The number of likely N-dealkylation sites (tertiary alicyclic amines) is 1. The van der Waals surface area contributed by atoms with Gasteiger partial charge in [-0.3, -0.25) is 4.79 Å². The molecular weight excluding hydrogens is 264 g/mol. The highest BCUT2D eigenvalue weighted by molar-refractivity contribution is 8.00. The number of nitrogens with zero attached hydrogens (tertiary/aromatic N) is 2. The summed E-state index contributed by atoms with van der Waals surface area (Å²) >= 11 is 1.90. The predicted octanol–water partition coefficient (Wildman–Crippen LogP) is 1.58. The first-order valence-electron chi connectivity index (χ1n) is 6.80. The molecule has 0 aliphatic carbocycles. The van der Waals surface area contributed by atoms with Crippen LogP contribution in [0.15, 0.2) is 0 Å². The molecule has 2 saturated heterocycles. The van der Waals surface area contributed by atoms with E-state index in [1.807, 2.05) is 23.6 Å². The second-order valence-electron chi connectivity index (χ2n) is 5.77. The lowest BCUT2D eigenvalue weighted by Gasteiger charge is -2.36. The Balaban J connectivity index is 1.99. The minimum atomic E-state index is -0.793. The van der Waals surface area contributed by atoms with Gasteiger partial charge in [0.15, 0.2) is 0 Å². The maximum absolute atomic E-state index is 12.5. The number of aliphatic carboxylic acids is 1. The first-order chi connectivity index (χ1) is 8.88. The fraction of sp³-hybridized carbons (Fsp3) is 0.846. The minimum absolute atomic E-state index is 0.00889. The van der Waals surface area contributed by atoms with Crippen LogP contribution in [0.1, 0.15) is 20.8 Å². The number of carbonyl (C=O) groups is 2. The molecule has 0 spiro atoms. The monoisotopic (exact) mass is 286 g/mol. The number of amides is 2. The first kappa shape index (κ1) is 14.5. The lowest BCUT2D eigenvalue weighted by Crippen LogP contribution is -2.49. The number of carbonyl (C=O) groups excluding carboxylic acids is 1. The van der Waals surface area contributed by atoms with E-state index in [0.29, 0.717) is 23.6 Å². The predicted molar refractivity (Wildman–Crippen MR) is 75.3 cm³/mol. The van der Waals surface area contributed by atoms with Crippen molar-refractivity contribution in [1.82, 2.24) is 9.80 Å². The Kier molecular flexibility index (Phi) is 4.28. The summed E-state index contributed by atoms with van der Waals surface area (Å²) in [6, 6.07) is 0.00889. The zero-order valence-corrected chi connectivity index (χ0v) is 12.5. The van der Waals surface area contributed by atoms with E-state index in [0.717, 1.165) is 13.1 Å². The maximum atomic E-state index is 12.5. The summed E-state index contributed by atoms with van der Waals surface area (Å²) in [5.41, 5.74) is 0. The molecule has 2 aliphatic heterocycles. The number of rotatable bonds is 1. The maximum Gasteiger partial charge on any atom is 0.320 e. The van der Waals surface area contributed by atoms with Crippen LogP contribution in [0.5, 0.6) is 0 Å². The Labute approximate surface area is 118 Å². The Morgan fingerprint density at radius 3 is 2.00 bits per heavy atom. The average molecular weight is 286 g/mol. The van der Waals surface area contributed by atoms with Gasteiger partial charge < -0.3 is 14.9 Å². The van der Waals surface area contributed by atoms with Gasteiger partial charge >= 0.3 is 12.0 Å². The largest absolute Gasteiger partial charge is 0.481 e. The van der Waals surface area contributed by atoms with Crippen LogP contribution < -0.4 is 0 Å². The molecule has 0 aromatic carbocycles. The lowest BCUT2D eigenvalue weighted by atomic mass is 9.99. The van der Waals surface area contributed by atoms with Crippen molar-refractivity contribution >= 4 is 23.8 Å². The molecule has 19 heavy (non-hydrogen) atoms. The molecule has 0 bridgehead atoms. The quantitative estimate of drug-likeness (QED) is 0.795. The second-order valence-corrected chi connectivity index (χ2v) is 7.65. The van der Waals surface area contributed by atoms with Gasteiger partial charge in [-0.05, 0) is 5.92 Å². The molecule has 2 heterocycles. The molecule has 0 saturated carbocycles. The van der Waals surface area contributed by atoms with Crippen LogP contribution in [-0.4, -0.2) is 63.6 Å². The highest BCUT2D eigenvalue weighted by atomic mass is 32.2. The molecular formula is C13H22N2O3S. The van der Waals surface area contributed by atoms with Crippen LogP contribution in [0.25, 0.3) is 0 Å². The average Bonchev–Trinajstić information content (AvgIpc) is 2.69. The van der Waals surface area contributed by atoms with E-state index in [-0.39, 0.29) is 11.9 Å². The van der Waals surface area contributed by atoms with E-state index >= 15 is 0 Å². The zero-order chi connectivity index (χ0) is 14.2. The summed E-state index contributed by atoms with van der Waals surface area (Å²) in [5.74, 6) is -1.17. The van der Waals surface area contributed by atoms with Crippen LogP contribution in [0.2, 0.25) is 0 Å².